The monoisotopic (exact) mass is 368 g/mol. The van der Waals surface area contributed by atoms with Crippen molar-refractivity contribution >= 4 is 18.0 Å². The van der Waals surface area contributed by atoms with Crippen LogP contribution in [0.3, 0.4) is 0 Å². The van der Waals surface area contributed by atoms with Crippen LogP contribution >= 0.6 is 0 Å². The van der Waals surface area contributed by atoms with Crippen molar-refractivity contribution < 1.29 is 28.5 Å². The van der Waals surface area contributed by atoms with Gasteiger partial charge in [0, 0.05) is 13.8 Å². The molecule has 0 aromatic heterocycles. The van der Waals surface area contributed by atoms with Gasteiger partial charge in [-0.15, -0.1) is 0 Å². The summed E-state index contributed by atoms with van der Waals surface area (Å²) in [5.74, 6) is -1.68. The minimum absolute atomic E-state index is 0.173. The van der Waals surface area contributed by atoms with Gasteiger partial charge in [-0.2, -0.15) is 0 Å². The Labute approximate surface area is 157 Å². The molecule has 1 aliphatic rings. The number of esters is 2. The smallest absolute Gasteiger partial charge is 0.348 e. The zero-order chi connectivity index (χ0) is 19.4. The van der Waals surface area contributed by atoms with E-state index in [4.69, 9.17) is 18.9 Å². The van der Waals surface area contributed by atoms with Gasteiger partial charge in [0.25, 0.3) is 5.79 Å². The van der Waals surface area contributed by atoms with Crippen molar-refractivity contribution in [1.29, 1.82) is 0 Å². The molecular formula is C21H20O6. The maximum Gasteiger partial charge on any atom is 0.348 e. The molecule has 0 N–H and O–H groups in total. The molecule has 3 rings (SSSR count). The third kappa shape index (κ3) is 4.47. The minimum atomic E-state index is -1.27. The second-order valence-electron chi connectivity index (χ2n) is 6.42. The highest BCUT2D eigenvalue weighted by Crippen LogP contribution is 2.31. The number of rotatable bonds is 5. The number of ether oxygens (including phenoxy) is 4. The fourth-order valence-corrected chi connectivity index (χ4v) is 2.58. The van der Waals surface area contributed by atoms with Crippen LogP contribution in [0, 0.1) is 0 Å². The largest absolute Gasteiger partial charge is 0.493 e. The first kappa shape index (κ1) is 18.5. The molecule has 1 fully saturated rings. The second-order valence-corrected chi connectivity index (χ2v) is 6.42. The van der Waals surface area contributed by atoms with Crippen LogP contribution in [0.1, 0.15) is 25.0 Å². The lowest BCUT2D eigenvalue weighted by Gasteiger charge is -2.29. The van der Waals surface area contributed by atoms with Crippen molar-refractivity contribution in [3.8, 4) is 11.5 Å². The number of benzene rings is 2. The lowest BCUT2D eigenvalue weighted by atomic mass is 10.1. The molecule has 0 unspecified atom stereocenters. The summed E-state index contributed by atoms with van der Waals surface area (Å²) in [6.45, 7) is 3.36. The van der Waals surface area contributed by atoms with E-state index in [0.717, 1.165) is 5.56 Å². The molecule has 6 nitrogen and oxygen atoms in total. The van der Waals surface area contributed by atoms with Crippen LogP contribution in [0.25, 0.3) is 6.08 Å². The average molecular weight is 368 g/mol. The van der Waals surface area contributed by atoms with Gasteiger partial charge in [0.05, 0.1) is 7.11 Å². The molecule has 0 radical (unpaired) electrons. The molecule has 0 spiro atoms. The third-order valence-electron chi connectivity index (χ3n) is 3.85. The lowest BCUT2D eigenvalue weighted by Crippen LogP contribution is -2.41. The van der Waals surface area contributed by atoms with Crippen molar-refractivity contribution in [1.82, 2.24) is 0 Å². The van der Waals surface area contributed by atoms with Gasteiger partial charge in [0.1, 0.15) is 12.2 Å². The predicted octanol–water partition coefficient (Wildman–Crippen LogP) is 3.49. The first-order valence-corrected chi connectivity index (χ1v) is 8.41. The second kappa shape index (κ2) is 7.53. The van der Waals surface area contributed by atoms with Crippen LogP contribution in [0.5, 0.6) is 11.5 Å². The summed E-state index contributed by atoms with van der Waals surface area (Å²) in [5, 5.41) is 0. The molecule has 140 valence electrons. The SMILES string of the molecule is COc1ccc(C=C2C(=O)OC(C)(C)OC2=O)cc1OCc1ccccc1. The molecule has 6 heteroatoms. The first-order chi connectivity index (χ1) is 12.9. The van der Waals surface area contributed by atoms with Crippen molar-refractivity contribution in [2.24, 2.45) is 0 Å². The standard InChI is InChI=1S/C21H20O6/c1-21(2)26-19(22)16(20(23)27-21)11-15-9-10-17(24-3)18(12-15)25-13-14-7-5-4-6-8-14/h4-12H,13H2,1-3H3. The number of carbonyl (C=O) groups is 2. The Morgan fingerprint density at radius 1 is 0.963 bits per heavy atom. The topological polar surface area (TPSA) is 71.1 Å². The van der Waals surface area contributed by atoms with E-state index in [2.05, 4.69) is 0 Å². The van der Waals surface area contributed by atoms with Crippen LogP contribution in [0.2, 0.25) is 0 Å². The number of hydrogen-bond acceptors (Lipinski definition) is 6. The summed E-state index contributed by atoms with van der Waals surface area (Å²) in [7, 11) is 1.54. The molecule has 0 atom stereocenters. The van der Waals surface area contributed by atoms with E-state index in [1.807, 2.05) is 30.3 Å². The molecule has 1 heterocycles. The molecule has 27 heavy (non-hydrogen) atoms. The van der Waals surface area contributed by atoms with E-state index in [1.165, 1.54) is 19.9 Å². The number of methoxy groups -OCH3 is 1. The molecule has 0 amide bonds. The summed E-state index contributed by atoms with van der Waals surface area (Å²) >= 11 is 0. The molecule has 2 aromatic rings. The summed E-state index contributed by atoms with van der Waals surface area (Å²) < 4.78 is 21.4. The zero-order valence-electron chi connectivity index (χ0n) is 15.4. The van der Waals surface area contributed by atoms with E-state index < -0.39 is 17.7 Å². The maximum atomic E-state index is 12.1. The number of carbonyl (C=O) groups excluding carboxylic acids is 2. The fourth-order valence-electron chi connectivity index (χ4n) is 2.58. The summed E-state index contributed by atoms with van der Waals surface area (Å²) in [4.78, 5) is 24.2. The molecule has 0 saturated carbocycles. The molecular weight excluding hydrogens is 348 g/mol. The molecule has 1 saturated heterocycles. The zero-order valence-corrected chi connectivity index (χ0v) is 15.4. The quantitative estimate of drug-likeness (QED) is 0.457. The molecule has 1 aliphatic heterocycles. The Hall–Kier alpha value is -3.28. The van der Waals surface area contributed by atoms with Gasteiger partial charge in [-0.25, -0.2) is 9.59 Å². The lowest BCUT2D eigenvalue weighted by molar-refractivity contribution is -0.222. The Kier molecular flexibility index (Phi) is 5.16. The van der Waals surface area contributed by atoms with Gasteiger partial charge in [-0.1, -0.05) is 36.4 Å². The molecule has 2 aromatic carbocycles. The summed E-state index contributed by atoms with van der Waals surface area (Å²) in [6.07, 6.45) is 1.41. The maximum absolute atomic E-state index is 12.1. The highest BCUT2D eigenvalue weighted by molar-refractivity contribution is 6.18. The van der Waals surface area contributed by atoms with Gasteiger partial charge in [0.2, 0.25) is 0 Å². The van der Waals surface area contributed by atoms with Crippen molar-refractivity contribution in [2.75, 3.05) is 7.11 Å². The highest BCUT2D eigenvalue weighted by Gasteiger charge is 2.38. The fraction of sp³-hybridized carbons (Fsp3) is 0.238. The summed E-state index contributed by atoms with van der Waals surface area (Å²) in [6, 6.07) is 14.8. The number of cyclic esters (lactones) is 2. The van der Waals surface area contributed by atoms with E-state index in [0.29, 0.717) is 23.7 Å². The number of hydrogen-bond donors (Lipinski definition) is 0. The Bertz CT molecular complexity index is 861. The van der Waals surface area contributed by atoms with Crippen LogP contribution in [-0.4, -0.2) is 24.8 Å². The van der Waals surface area contributed by atoms with Crippen LogP contribution in [-0.2, 0) is 25.7 Å². The van der Waals surface area contributed by atoms with Gasteiger partial charge in [0.15, 0.2) is 11.5 Å². The summed E-state index contributed by atoms with van der Waals surface area (Å²) in [5.41, 5.74) is 1.42. The minimum Gasteiger partial charge on any atom is -0.493 e. The van der Waals surface area contributed by atoms with Crippen LogP contribution < -0.4 is 9.47 Å². The van der Waals surface area contributed by atoms with E-state index in [9.17, 15) is 9.59 Å². The third-order valence-corrected chi connectivity index (χ3v) is 3.85. The van der Waals surface area contributed by atoms with Gasteiger partial charge < -0.3 is 18.9 Å². The van der Waals surface area contributed by atoms with Crippen LogP contribution in [0.15, 0.2) is 54.1 Å². The first-order valence-electron chi connectivity index (χ1n) is 8.41. The normalized spacial score (nSPS) is 15.6. The Balaban J connectivity index is 1.84. The van der Waals surface area contributed by atoms with Gasteiger partial charge in [-0.05, 0) is 29.3 Å². The van der Waals surface area contributed by atoms with E-state index >= 15 is 0 Å². The van der Waals surface area contributed by atoms with Crippen molar-refractivity contribution in [3.05, 3.63) is 65.2 Å². The van der Waals surface area contributed by atoms with E-state index in [-0.39, 0.29) is 5.57 Å². The van der Waals surface area contributed by atoms with Crippen LogP contribution in [0.4, 0.5) is 0 Å². The molecule has 0 bridgehead atoms. The average Bonchev–Trinajstić information content (AvgIpc) is 2.63. The Morgan fingerprint density at radius 3 is 2.26 bits per heavy atom. The highest BCUT2D eigenvalue weighted by atomic mass is 16.7. The van der Waals surface area contributed by atoms with Gasteiger partial charge >= 0.3 is 11.9 Å². The Morgan fingerprint density at radius 2 is 1.63 bits per heavy atom. The van der Waals surface area contributed by atoms with E-state index in [1.54, 1.807) is 25.3 Å². The van der Waals surface area contributed by atoms with Gasteiger partial charge in [-0.3, -0.25) is 0 Å². The van der Waals surface area contributed by atoms with Crippen molar-refractivity contribution in [2.45, 2.75) is 26.2 Å². The molecule has 0 aliphatic carbocycles. The predicted molar refractivity (Wildman–Crippen MR) is 98.0 cm³/mol. The van der Waals surface area contributed by atoms with Crippen molar-refractivity contribution in [3.63, 3.8) is 0 Å².